The average molecular weight is 197 g/mol. The van der Waals surface area contributed by atoms with Crippen molar-refractivity contribution in [2.24, 2.45) is 0 Å². The first-order chi connectivity index (χ1) is 6.86. The maximum atomic E-state index is 9.06. The normalized spacial score (nSPS) is 27.0. The van der Waals surface area contributed by atoms with Crippen LogP contribution >= 0.6 is 0 Å². The first-order valence-electron chi connectivity index (χ1n) is 5.01. The predicted molar refractivity (Wildman–Crippen MR) is 49.8 cm³/mol. The molecule has 0 amide bonds. The average Bonchev–Trinajstić information content (AvgIpc) is 2.85. The Bertz CT molecular complexity index is 297. The first-order valence-corrected chi connectivity index (χ1v) is 5.01. The topological polar surface area (TPSA) is 55.5 Å². The zero-order valence-electron chi connectivity index (χ0n) is 8.27. The van der Waals surface area contributed by atoms with E-state index in [2.05, 4.69) is 11.9 Å². The predicted octanol–water partition coefficient (Wildman–Crippen LogP) is 1.45. The molecule has 1 fully saturated rings. The SMILES string of the molecule is CCC1OCCC1c1ocnc1CO. The van der Waals surface area contributed by atoms with Gasteiger partial charge in [0.25, 0.3) is 0 Å². The Balaban J connectivity index is 2.21. The Labute approximate surface area is 82.9 Å². The van der Waals surface area contributed by atoms with E-state index < -0.39 is 0 Å². The van der Waals surface area contributed by atoms with Crippen molar-refractivity contribution in [1.82, 2.24) is 4.98 Å². The van der Waals surface area contributed by atoms with E-state index in [1.54, 1.807) is 0 Å². The summed E-state index contributed by atoms with van der Waals surface area (Å²) in [6.45, 7) is 2.81. The van der Waals surface area contributed by atoms with Crippen LogP contribution in [0.15, 0.2) is 10.8 Å². The summed E-state index contributed by atoms with van der Waals surface area (Å²) in [4.78, 5) is 3.98. The molecular weight excluding hydrogens is 182 g/mol. The van der Waals surface area contributed by atoms with E-state index in [0.29, 0.717) is 5.69 Å². The molecule has 0 saturated carbocycles. The van der Waals surface area contributed by atoms with E-state index >= 15 is 0 Å². The number of hydrogen-bond donors (Lipinski definition) is 1. The van der Waals surface area contributed by atoms with Crippen LogP contribution in [0.5, 0.6) is 0 Å². The quantitative estimate of drug-likeness (QED) is 0.796. The van der Waals surface area contributed by atoms with Crippen LogP contribution < -0.4 is 0 Å². The lowest BCUT2D eigenvalue weighted by Gasteiger charge is -2.14. The Morgan fingerprint density at radius 2 is 2.50 bits per heavy atom. The monoisotopic (exact) mass is 197 g/mol. The van der Waals surface area contributed by atoms with Gasteiger partial charge in [0.15, 0.2) is 6.39 Å². The molecule has 2 rings (SSSR count). The minimum absolute atomic E-state index is 0.0568. The van der Waals surface area contributed by atoms with Gasteiger partial charge in [-0.3, -0.25) is 0 Å². The van der Waals surface area contributed by atoms with Crippen molar-refractivity contribution in [3.63, 3.8) is 0 Å². The molecule has 1 aromatic heterocycles. The van der Waals surface area contributed by atoms with Crippen molar-refractivity contribution in [2.45, 2.75) is 38.4 Å². The number of oxazole rings is 1. The summed E-state index contributed by atoms with van der Waals surface area (Å²) in [7, 11) is 0. The Hall–Kier alpha value is -0.870. The van der Waals surface area contributed by atoms with Gasteiger partial charge < -0.3 is 14.3 Å². The van der Waals surface area contributed by atoms with Crippen LogP contribution in [-0.2, 0) is 11.3 Å². The summed E-state index contributed by atoms with van der Waals surface area (Å²) in [6.07, 6.45) is 3.54. The van der Waals surface area contributed by atoms with Gasteiger partial charge in [0.1, 0.15) is 11.5 Å². The van der Waals surface area contributed by atoms with Crippen molar-refractivity contribution in [3.8, 4) is 0 Å². The second-order valence-corrected chi connectivity index (χ2v) is 3.53. The first kappa shape index (κ1) is 9.68. The summed E-state index contributed by atoms with van der Waals surface area (Å²) in [5, 5.41) is 9.06. The molecule has 1 saturated heterocycles. The van der Waals surface area contributed by atoms with Crippen LogP contribution in [0.25, 0.3) is 0 Å². The molecule has 4 nitrogen and oxygen atoms in total. The van der Waals surface area contributed by atoms with Crippen LogP contribution in [-0.4, -0.2) is 22.8 Å². The molecule has 2 heterocycles. The smallest absolute Gasteiger partial charge is 0.181 e. The molecule has 78 valence electrons. The van der Waals surface area contributed by atoms with E-state index in [1.807, 2.05) is 0 Å². The number of nitrogens with zero attached hydrogens (tertiary/aromatic N) is 1. The third-order valence-corrected chi connectivity index (χ3v) is 2.77. The van der Waals surface area contributed by atoms with Gasteiger partial charge >= 0.3 is 0 Å². The molecule has 1 aliphatic rings. The zero-order valence-corrected chi connectivity index (χ0v) is 8.27. The summed E-state index contributed by atoms with van der Waals surface area (Å²) >= 11 is 0. The van der Waals surface area contributed by atoms with E-state index in [-0.39, 0.29) is 18.6 Å². The largest absolute Gasteiger partial charge is 0.448 e. The van der Waals surface area contributed by atoms with Gasteiger partial charge in [0.05, 0.1) is 12.7 Å². The minimum atomic E-state index is -0.0568. The summed E-state index contributed by atoms with van der Waals surface area (Å²) in [5.41, 5.74) is 0.652. The fourth-order valence-corrected chi connectivity index (χ4v) is 2.05. The van der Waals surface area contributed by atoms with Crippen LogP contribution in [0.4, 0.5) is 0 Å². The van der Waals surface area contributed by atoms with Gasteiger partial charge in [0.2, 0.25) is 0 Å². The van der Waals surface area contributed by atoms with Gasteiger partial charge in [-0.05, 0) is 12.8 Å². The van der Waals surface area contributed by atoms with Gasteiger partial charge in [-0.15, -0.1) is 0 Å². The molecule has 14 heavy (non-hydrogen) atoms. The minimum Gasteiger partial charge on any atom is -0.448 e. The van der Waals surface area contributed by atoms with Crippen LogP contribution in [0.3, 0.4) is 0 Å². The second kappa shape index (κ2) is 4.11. The molecule has 0 bridgehead atoms. The fourth-order valence-electron chi connectivity index (χ4n) is 2.05. The van der Waals surface area contributed by atoms with E-state index in [0.717, 1.165) is 25.2 Å². The number of ether oxygens (including phenoxy) is 1. The number of rotatable bonds is 3. The molecule has 0 aromatic carbocycles. The van der Waals surface area contributed by atoms with Crippen molar-refractivity contribution < 1.29 is 14.3 Å². The van der Waals surface area contributed by atoms with Gasteiger partial charge in [-0.25, -0.2) is 4.98 Å². The molecule has 1 aliphatic heterocycles. The van der Waals surface area contributed by atoms with Crippen LogP contribution in [0.2, 0.25) is 0 Å². The van der Waals surface area contributed by atoms with Gasteiger partial charge in [-0.1, -0.05) is 6.92 Å². The molecule has 4 heteroatoms. The maximum Gasteiger partial charge on any atom is 0.181 e. The molecule has 2 atom stereocenters. The third kappa shape index (κ3) is 1.55. The number of aromatic nitrogens is 1. The van der Waals surface area contributed by atoms with E-state index in [9.17, 15) is 0 Å². The zero-order chi connectivity index (χ0) is 9.97. The summed E-state index contributed by atoms with van der Waals surface area (Å²) in [5.74, 6) is 1.07. The van der Waals surface area contributed by atoms with E-state index in [1.165, 1.54) is 6.39 Å². The highest BCUT2D eigenvalue weighted by Gasteiger charge is 2.32. The third-order valence-electron chi connectivity index (χ3n) is 2.77. The molecule has 1 aromatic rings. The number of aliphatic hydroxyl groups is 1. The second-order valence-electron chi connectivity index (χ2n) is 3.53. The lowest BCUT2D eigenvalue weighted by molar-refractivity contribution is 0.0968. The highest BCUT2D eigenvalue weighted by molar-refractivity contribution is 5.14. The Morgan fingerprint density at radius 3 is 3.21 bits per heavy atom. The summed E-state index contributed by atoms with van der Waals surface area (Å²) in [6, 6.07) is 0. The molecule has 0 radical (unpaired) electrons. The Kier molecular flexibility index (Phi) is 2.84. The molecular formula is C10H15NO3. The van der Waals surface area contributed by atoms with Crippen molar-refractivity contribution in [3.05, 3.63) is 17.8 Å². The van der Waals surface area contributed by atoms with Gasteiger partial charge in [-0.2, -0.15) is 0 Å². The number of hydrogen-bond acceptors (Lipinski definition) is 4. The summed E-state index contributed by atoms with van der Waals surface area (Å²) < 4.78 is 10.9. The van der Waals surface area contributed by atoms with Crippen LogP contribution in [0.1, 0.15) is 37.1 Å². The fraction of sp³-hybridized carbons (Fsp3) is 0.700. The molecule has 0 aliphatic carbocycles. The molecule has 0 spiro atoms. The van der Waals surface area contributed by atoms with Crippen molar-refractivity contribution >= 4 is 0 Å². The maximum absolute atomic E-state index is 9.06. The van der Waals surface area contributed by atoms with Crippen molar-refractivity contribution in [2.75, 3.05) is 6.61 Å². The van der Waals surface area contributed by atoms with Crippen molar-refractivity contribution in [1.29, 1.82) is 0 Å². The number of aliphatic hydroxyl groups excluding tert-OH is 1. The Morgan fingerprint density at radius 1 is 1.64 bits per heavy atom. The lowest BCUT2D eigenvalue weighted by Crippen LogP contribution is -2.13. The highest BCUT2D eigenvalue weighted by Crippen LogP contribution is 2.34. The standard InChI is InChI=1S/C10H15NO3/c1-2-9-7(3-4-13-9)10-8(5-12)11-6-14-10/h6-7,9,12H,2-5H2,1H3. The van der Waals surface area contributed by atoms with E-state index in [4.69, 9.17) is 14.3 Å². The lowest BCUT2D eigenvalue weighted by atomic mass is 9.95. The molecule has 1 N–H and O–H groups in total. The van der Waals surface area contributed by atoms with Gasteiger partial charge in [0, 0.05) is 12.5 Å². The molecule has 2 unspecified atom stereocenters. The highest BCUT2D eigenvalue weighted by atomic mass is 16.5. The van der Waals surface area contributed by atoms with Crippen LogP contribution in [0, 0.1) is 0 Å².